The molecule has 2 heterocycles. The van der Waals surface area contributed by atoms with Gasteiger partial charge in [0.25, 0.3) is 0 Å². The third kappa shape index (κ3) is 3.05. The highest BCUT2D eigenvalue weighted by molar-refractivity contribution is 7.73. The molecule has 0 saturated heterocycles. The number of rotatable bonds is 3. The maximum atomic E-state index is 12.9. The highest BCUT2D eigenvalue weighted by Gasteiger charge is 2.25. The molecule has 25 heavy (non-hydrogen) atoms. The lowest BCUT2D eigenvalue weighted by Gasteiger charge is -2.18. The molecule has 0 N–H and O–H groups in total. The zero-order chi connectivity index (χ0) is 17.4. The van der Waals surface area contributed by atoms with Crippen LogP contribution in [0.4, 0.5) is 5.69 Å². The van der Waals surface area contributed by atoms with Crippen molar-refractivity contribution in [2.24, 2.45) is 0 Å². The number of carbonyl (C=O) groups excluding carboxylic acids is 1. The standard InChI is InChI=1S/C20H18N2OS2/c1-14-6-8-16(9-7-14)18-13-25-20(24)22(18)12-19(23)21-11-10-15-4-2-3-5-17(15)21/h2-9,13H,10-12H2,1H3. The van der Waals surface area contributed by atoms with Gasteiger partial charge in [0.05, 0.1) is 5.69 Å². The quantitative estimate of drug-likeness (QED) is 0.620. The van der Waals surface area contributed by atoms with E-state index >= 15 is 0 Å². The molecule has 2 aromatic carbocycles. The molecule has 5 heteroatoms. The van der Waals surface area contributed by atoms with E-state index in [4.69, 9.17) is 12.2 Å². The van der Waals surface area contributed by atoms with E-state index < -0.39 is 0 Å². The minimum Gasteiger partial charge on any atom is -0.313 e. The monoisotopic (exact) mass is 366 g/mol. The predicted octanol–water partition coefficient (Wildman–Crippen LogP) is 4.84. The molecule has 0 bridgehead atoms. The topological polar surface area (TPSA) is 25.2 Å². The Hall–Kier alpha value is -2.24. The lowest BCUT2D eigenvalue weighted by Crippen LogP contribution is -2.32. The fourth-order valence-corrected chi connectivity index (χ4v) is 4.32. The van der Waals surface area contributed by atoms with Crippen molar-refractivity contribution in [2.75, 3.05) is 11.4 Å². The van der Waals surface area contributed by atoms with Crippen molar-refractivity contribution in [3.8, 4) is 11.3 Å². The van der Waals surface area contributed by atoms with Gasteiger partial charge in [-0.3, -0.25) is 4.79 Å². The first-order valence-electron chi connectivity index (χ1n) is 8.27. The van der Waals surface area contributed by atoms with Gasteiger partial charge in [0.1, 0.15) is 6.54 Å². The number of benzene rings is 2. The summed E-state index contributed by atoms with van der Waals surface area (Å²) in [5, 5.41) is 2.04. The van der Waals surface area contributed by atoms with Crippen LogP contribution in [0.1, 0.15) is 11.1 Å². The van der Waals surface area contributed by atoms with Crippen molar-refractivity contribution in [3.05, 3.63) is 69.0 Å². The van der Waals surface area contributed by atoms with Crippen LogP contribution in [-0.2, 0) is 17.8 Å². The van der Waals surface area contributed by atoms with Gasteiger partial charge in [-0.2, -0.15) is 0 Å². The summed E-state index contributed by atoms with van der Waals surface area (Å²) in [7, 11) is 0. The van der Waals surface area contributed by atoms with Crippen LogP contribution in [0.5, 0.6) is 0 Å². The first kappa shape index (κ1) is 16.2. The molecule has 1 amide bonds. The van der Waals surface area contributed by atoms with Crippen LogP contribution < -0.4 is 4.90 Å². The molecule has 1 aromatic heterocycles. The second kappa shape index (κ2) is 6.58. The predicted molar refractivity (Wildman–Crippen MR) is 106 cm³/mol. The van der Waals surface area contributed by atoms with Crippen molar-refractivity contribution in [1.29, 1.82) is 0 Å². The van der Waals surface area contributed by atoms with Crippen LogP contribution in [0.15, 0.2) is 53.9 Å². The van der Waals surface area contributed by atoms with E-state index in [1.165, 1.54) is 22.5 Å². The Kier molecular flexibility index (Phi) is 4.27. The van der Waals surface area contributed by atoms with E-state index in [0.717, 1.165) is 33.9 Å². The average molecular weight is 367 g/mol. The summed E-state index contributed by atoms with van der Waals surface area (Å²) in [6.45, 7) is 3.09. The molecule has 126 valence electrons. The van der Waals surface area contributed by atoms with E-state index in [1.807, 2.05) is 33.0 Å². The summed E-state index contributed by atoms with van der Waals surface area (Å²) in [4.78, 5) is 14.8. The Morgan fingerprint density at radius 2 is 1.92 bits per heavy atom. The van der Waals surface area contributed by atoms with Crippen LogP contribution >= 0.6 is 23.6 Å². The van der Waals surface area contributed by atoms with Crippen molar-refractivity contribution in [3.63, 3.8) is 0 Å². The van der Waals surface area contributed by atoms with Crippen molar-refractivity contribution < 1.29 is 4.79 Å². The number of aryl methyl sites for hydroxylation is 1. The Labute approximate surface area is 156 Å². The zero-order valence-electron chi connectivity index (χ0n) is 13.9. The number of aromatic nitrogens is 1. The van der Waals surface area contributed by atoms with E-state index in [0.29, 0.717) is 0 Å². The summed E-state index contributed by atoms with van der Waals surface area (Å²) in [6, 6.07) is 16.5. The number of fused-ring (bicyclic) bond motifs is 1. The third-order valence-electron chi connectivity index (χ3n) is 4.61. The molecule has 0 radical (unpaired) electrons. The van der Waals surface area contributed by atoms with E-state index in [1.54, 1.807) is 0 Å². The second-order valence-electron chi connectivity index (χ2n) is 6.26. The van der Waals surface area contributed by atoms with Crippen molar-refractivity contribution >= 4 is 35.1 Å². The number of para-hydroxylation sites is 1. The van der Waals surface area contributed by atoms with Gasteiger partial charge in [-0.1, -0.05) is 48.0 Å². The summed E-state index contributed by atoms with van der Waals surface area (Å²) in [5.74, 6) is 0.0906. The van der Waals surface area contributed by atoms with Gasteiger partial charge in [-0.05, 0) is 42.8 Å². The number of hydrogen-bond donors (Lipinski definition) is 0. The molecule has 0 unspecified atom stereocenters. The number of amides is 1. The van der Waals surface area contributed by atoms with Crippen LogP contribution in [0.25, 0.3) is 11.3 Å². The number of carbonyl (C=O) groups is 1. The van der Waals surface area contributed by atoms with Crippen LogP contribution in [0.3, 0.4) is 0 Å². The van der Waals surface area contributed by atoms with Gasteiger partial charge < -0.3 is 9.47 Å². The molecule has 3 nitrogen and oxygen atoms in total. The lowest BCUT2D eigenvalue weighted by atomic mass is 10.1. The van der Waals surface area contributed by atoms with Gasteiger partial charge in [0.15, 0.2) is 3.95 Å². The van der Waals surface area contributed by atoms with Crippen LogP contribution in [0, 0.1) is 10.9 Å². The molecule has 3 aromatic rings. The molecular weight excluding hydrogens is 348 g/mol. The van der Waals surface area contributed by atoms with Gasteiger partial charge >= 0.3 is 0 Å². The number of thiazole rings is 1. The Bertz CT molecular complexity index is 985. The van der Waals surface area contributed by atoms with Gasteiger partial charge in [0, 0.05) is 17.6 Å². The minimum absolute atomic E-state index is 0.0906. The molecule has 0 atom stereocenters. The first-order valence-corrected chi connectivity index (χ1v) is 9.56. The molecule has 1 aliphatic heterocycles. The van der Waals surface area contributed by atoms with E-state index in [-0.39, 0.29) is 12.5 Å². The maximum absolute atomic E-state index is 12.9. The lowest BCUT2D eigenvalue weighted by molar-refractivity contribution is -0.119. The van der Waals surface area contributed by atoms with E-state index in [2.05, 4.69) is 37.3 Å². The summed E-state index contributed by atoms with van der Waals surface area (Å²) < 4.78 is 2.69. The first-order chi connectivity index (χ1) is 12.1. The second-order valence-corrected chi connectivity index (χ2v) is 7.77. The molecule has 1 aliphatic rings. The van der Waals surface area contributed by atoms with Crippen LogP contribution in [0.2, 0.25) is 0 Å². The zero-order valence-corrected chi connectivity index (χ0v) is 15.6. The molecule has 4 rings (SSSR count). The summed E-state index contributed by atoms with van der Waals surface area (Å²) in [5.41, 5.74) is 5.59. The molecule has 0 saturated carbocycles. The largest absolute Gasteiger partial charge is 0.313 e. The Balaban J connectivity index is 1.64. The highest BCUT2D eigenvalue weighted by Crippen LogP contribution is 2.29. The van der Waals surface area contributed by atoms with Gasteiger partial charge in [0.2, 0.25) is 5.91 Å². The fraction of sp³-hybridized carbons (Fsp3) is 0.200. The Morgan fingerprint density at radius 1 is 1.16 bits per heavy atom. The summed E-state index contributed by atoms with van der Waals surface area (Å²) in [6.07, 6.45) is 0.918. The van der Waals surface area contributed by atoms with Crippen molar-refractivity contribution in [2.45, 2.75) is 19.9 Å². The fourth-order valence-electron chi connectivity index (χ4n) is 3.25. The SMILES string of the molecule is Cc1ccc(-c2csc(=S)n2CC(=O)N2CCc3ccccc32)cc1. The molecule has 0 fully saturated rings. The smallest absolute Gasteiger partial charge is 0.247 e. The molecular formula is C20H18N2OS2. The molecule has 0 spiro atoms. The highest BCUT2D eigenvalue weighted by atomic mass is 32.1. The average Bonchev–Trinajstić information content (AvgIpc) is 3.20. The number of nitrogens with zero attached hydrogens (tertiary/aromatic N) is 2. The van der Waals surface area contributed by atoms with Crippen LogP contribution in [-0.4, -0.2) is 17.0 Å². The van der Waals surface area contributed by atoms with Gasteiger partial charge in [-0.15, -0.1) is 11.3 Å². The normalized spacial score (nSPS) is 13.1. The third-order valence-corrected chi connectivity index (χ3v) is 5.88. The van der Waals surface area contributed by atoms with Gasteiger partial charge in [-0.25, -0.2) is 0 Å². The Morgan fingerprint density at radius 3 is 2.72 bits per heavy atom. The number of hydrogen-bond acceptors (Lipinski definition) is 3. The van der Waals surface area contributed by atoms with Crippen molar-refractivity contribution in [1.82, 2.24) is 4.57 Å². The number of anilines is 1. The summed E-state index contributed by atoms with van der Waals surface area (Å²) >= 11 is 6.99. The minimum atomic E-state index is 0.0906. The molecule has 0 aliphatic carbocycles. The van der Waals surface area contributed by atoms with E-state index in [9.17, 15) is 4.79 Å². The maximum Gasteiger partial charge on any atom is 0.247 e.